The highest BCUT2D eigenvalue weighted by atomic mass is 79.9. The molecule has 0 radical (unpaired) electrons. The van der Waals surface area contributed by atoms with E-state index in [2.05, 4.69) is 21.2 Å². The van der Waals surface area contributed by atoms with Gasteiger partial charge in [-0.05, 0) is 24.6 Å². The Morgan fingerprint density at radius 3 is 2.89 bits per heavy atom. The van der Waals surface area contributed by atoms with Crippen molar-refractivity contribution in [1.82, 2.24) is 5.32 Å². The molecule has 0 aliphatic carbocycles. The number of halogens is 2. The Kier molecular flexibility index (Phi) is 7.43. The van der Waals surface area contributed by atoms with Crippen molar-refractivity contribution in [2.24, 2.45) is 0 Å². The molecule has 6 heteroatoms. The van der Waals surface area contributed by atoms with E-state index >= 15 is 0 Å². The molecule has 0 aliphatic rings. The van der Waals surface area contributed by atoms with Crippen molar-refractivity contribution in [3.05, 3.63) is 29.6 Å². The molecule has 1 rings (SSSR count). The molecular weight excluding hydrogens is 317 g/mol. The van der Waals surface area contributed by atoms with Gasteiger partial charge in [0.05, 0.1) is 13.7 Å². The molecule has 1 amide bonds. The first-order valence-corrected chi connectivity index (χ1v) is 7.06. The summed E-state index contributed by atoms with van der Waals surface area (Å²) >= 11 is 3.25. The number of alkyl halides is 1. The molecule has 0 spiro atoms. The van der Waals surface area contributed by atoms with E-state index in [9.17, 15) is 9.18 Å². The second kappa shape index (κ2) is 8.87. The molecule has 0 fully saturated rings. The quantitative estimate of drug-likeness (QED) is 0.587. The average molecular weight is 334 g/mol. The molecule has 1 N–H and O–H groups in total. The number of ether oxygens (including phenoxy) is 2. The highest BCUT2D eigenvalue weighted by molar-refractivity contribution is 9.09. The van der Waals surface area contributed by atoms with Gasteiger partial charge in [-0.2, -0.15) is 0 Å². The predicted octanol–water partition coefficient (Wildman–Crippen LogP) is 2.37. The van der Waals surface area contributed by atoms with Crippen LogP contribution < -0.4 is 10.1 Å². The maximum atomic E-state index is 13.2. The molecule has 1 aromatic rings. The van der Waals surface area contributed by atoms with Crippen LogP contribution in [0.15, 0.2) is 18.2 Å². The monoisotopic (exact) mass is 333 g/mol. The zero-order valence-corrected chi connectivity index (χ0v) is 12.3. The molecular formula is C13H17BrFNO3. The Morgan fingerprint density at radius 2 is 2.21 bits per heavy atom. The van der Waals surface area contributed by atoms with Gasteiger partial charge in [-0.15, -0.1) is 0 Å². The van der Waals surface area contributed by atoms with Crippen LogP contribution in [0.1, 0.15) is 16.8 Å². The molecule has 0 bridgehead atoms. The average Bonchev–Trinajstić information content (AvgIpc) is 2.43. The highest BCUT2D eigenvalue weighted by Gasteiger charge is 2.09. The van der Waals surface area contributed by atoms with Crippen LogP contribution in [0.5, 0.6) is 5.75 Å². The standard InChI is InChI=1S/C13H17BrFNO3/c1-18-12-9-10(3-4-11(12)15)13(17)16-6-2-7-19-8-5-14/h3-4,9H,2,5-8H2,1H3,(H,16,17). The number of rotatable bonds is 8. The Bertz CT molecular complexity index is 415. The molecule has 0 heterocycles. The Hall–Kier alpha value is -1.14. The lowest BCUT2D eigenvalue weighted by atomic mass is 10.2. The van der Waals surface area contributed by atoms with Crippen molar-refractivity contribution in [3.63, 3.8) is 0 Å². The molecule has 4 nitrogen and oxygen atoms in total. The molecule has 0 atom stereocenters. The predicted molar refractivity (Wildman–Crippen MR) is 74.5 cm³/mol. The first-order valence-electron chi connectivity index (χ1n) is 5.94. The lowest BCUT2D eigenvalue weighted by Gasteiger charge is -2.07. The van der Waals surface area contributed by atoms with Gasteiger partial charge in [0.1, 0.15) is 0 Å². The number of amides is 1. The Balaban J connectivity index is 2.37. The summed E-state index contributed by atoms with van der Waals surface area (Å²) in [5, 5.41) is 3.54. The number of benzene rings is 1. The maximum absolute atomic E-state index is 13.2. The van der Waals surface area contributed by atoms with Crippen LogP contribution in [0.3, 0.4) is 0 Å². The van der Waals surface area contributed by atoms with Crippen molar-refractivity contribution in [2.75, 3.05) is 32.2 Å². The van der Waals surface area contributed by atoms with Crippen LogP contribution in [0.2, 0.25) is 0 Å². The van der Waals surface area contributed by atoms with E-state index in [4.69, 9.17) is 9.47 Å². The van der Waals surface area contributed by atoms with Crippen LogP contribution in [0.4, 0.5) is 4.39 Å². The summed E-state index contributed by atoms with van der Waals surface area (Å²) < 4.78 is 23.3. The van der Waals surface area contributed by atoms with Gasteiger partial charge in [0.25, 0.3) is 5.91 Å². The molecule has 19 heavy (non-hydrogen) atoms. The molecule has 0 aromatic heterocycles. The second-order valence-electron chi connectivity index (χ2n) is 3.76. The summed E-state index contributed by atoms with van der Waals surface area (Å²) in [5.74, 6) is -0.672. The number of methoxy groups -OCH3 is 1. The van der Waals surface area contributed by atoms with Crippen molar-refractivity contribution < 1.29 is 18.7 Å². The van der Waals surface area contributed by atoms with E-state index in [0.717, 1.165) is 11.8 Å². The largest absolute Gasteiger partial charge is 0.494 e. The van der Waals surface area contributed by atoms with Crippen LogP contribution in [0, 0.1) is 5.82 Å². The van der Waals surface area contributed by atoms with E-state index in [1.165, 1.54) is 25.3 Å². The van der Waals surface area contributed by atoms with E-state index in [1.54, 1.807) is 0 Å². The fraction of sp³-hybridized carbons (Fsp3) is 0.462. The molecule has 0 unspecified atom stereocenters. The van der Waals surface area contributed by atoms with Gasteiger partial charge in [0.15, 0.2) is 11.6 Å². The summed E-state index contributed by atoms with van der Waals surface area (Å²) in [7, 11) is 1.36. The normalized spacial score (nSPS) is 10.3. The molecule has 0 aliphatic heterocycles. The highest BCUT2D eigenvalue weighted by Crippen LogP contribution is 2.17. The summed E-state index contributed by atoms with van der Waals surface area (Å²) in [6, 6.07) is 4.02. The van der Waals surface area contributed by atoms with Crippen molar-refractivity contribution in [2.45, 2.75) is 6.42 Å². The van der Waals surface area contributed by atoms with E-state index in [1.807, 2.05) is 0 Å². The summed E-state index contributed by atoms with van der Waals surface area (Å²) in [4.78, 5) is 11.8. The molecule has 0 saturated carbocycles. The minimum absolute atomic E-state index is 0.0632. The number of carbonyl (C=O) groups excluding carboxylic acids is 1. The third-order valence-electron chi connectivity index (χ3n) is 2.39. The lowest BCUT2D eigenvalue weighted by Crippen LogP contribution is -2.25. The number of hydrogen-bond donors (Lipinski definition) is 1. The Labute approximate surface area is 120 Å². The topological polar surface area (TPSA) is 47.6 Å². The maximum Gasteiger partial charge on any atom is 0.251 e. The van der Waals surface area contributed by atoms with E-state index in [0.29, 0.717) is 25.3 Å². The van der Waals surface area contributed by atoms with Gasteiger partial charge in [0.2, 0.25) is 0 Å². The number of carbonyl (C=O) groups is 1. The number of hydrogen-bond acceptors (Lipinski definition) is 3. The van der Waals surface area contributed by atoms with Crippen LogP contribution in [-0.2, 0) is 4.74 Å². The van der Waals surface area contributed by atoms with Crippen molar-refractivity contribution in [1.29, 1.82) is 0 Å². The first-order chi connectivity index (χ1) is 9.19. The zero-order chi connectivity index (χ0) is 14.1. The smallest absolute Gasteiger partial charge is 0.251 e. The third-order valence-corrected chi connectivity index (χ3v) is 2.71. The van der Waals surface area contributed by atoms with E-state index < -0.39 is 5.82 Å². The van der Waals surface area contributed by atoms with Crippen LogP contribution in [0.25, 0.3) is 0 Å². The summed E-state index contributed by atoms with van der Waals surface area (Å²) in [5.41, 5.74) is 0.375. The summed E-state index contributed by atoms with van der Waals surface area (Å²) in [6.45, 7) is 1.77. The van der Waals surface area contributed by atoms with Gasteiger partial charge in [-0.1, -0.05) is 15.9 Å². The summed E-state index contributed by atoms with van der Waals surface area (Å²) in [6.07, 6.45) is 0.733. The van der Waals surface area contributed by atoms with Crippen LogP contribution in [-0.4, -0.2) is 38.1 Å². The lowest BCUT2D eigenvalue weighted by molar-refractivity contribution is 0.0944. The number of nitrogens with one attached hydrogen (secondary N) is 1. The minimum atomic E-state index is -0.484. The molecule has 106 valence electrons. The second-order valence-corrected chi connectivity index (χ2v) is 4.55. The first kappa shape index (κ1) is 15.9. The van der Waals surface area contributed by atoms with Crippen molar-refractivity contribution >= 4 is 21.8 Å². The van der Waals surface area contributed by atoms with E-state index in [-0.39, 0.29) is 11.7 Å². The van der Waals surface area contributed by atoms with Gasteiger partial charge < -0.3 is 14.8 Å². The minimum Gasteiger partial charge on any atom is -0.494 e. The van der Waals surface area contributed by atoms with Crippen LogP contribution >= 0.6 is 15.9 Å². The molecule has 0 saturated heterocycles. The SMILES string of the molecule is COc1cc(C(=O)NCCCOCCBr)ccc1F. The van der Waals surface area contributed by atoms with Gasteiger partial charge in [0, 0.05) is 24.0 Å². The fourth-order valence-electron chi connectivity index (χ4n) is 1.44. The third kappa shape index (κ3) is 5.57. The fourth-order valence-corrected chi connectivity index (χ4v) is 1.66. The van der Waals surface area contributed by atoms with Gasteiger partial charge in [-0.25, -0.2) is 4.39 Å². The van der Waals surface area contributed by atoms with Gasteiger partial charge >= 0.3 is 0 Å². The molecule has 1 aromatic carbocycles. The van der Waals surface area contributed by atoms with Gasteiger partial charge in [-0.3, -0.25) is 4.79 Å². The van der Waals surface area contributed by atoms with Crippen molar-refractivity contribution in [3.8, 4) is 5.75 Å². The zero-order valence-electron chi connectivity index (χ0n) is 10.7. The Morgan fingerprint density at radius 1 is 1.42 bits per heavy atom.